The molecule has 2 N–H and O–H groups in total. The lowest BCUT2D eigenvalue weighted by atomic mass is 9.98. The van der Waals surface area contributed by atoms with E-state index in [-0.39, 0.29) is 28.9 Å². The second-order valence-corrected chi connectivity index (χ2v) is 3.43. The third-order valence-corrected chi connectivity index (χ3v) is 2.34. The van der Waals surface area contributed by atoms with Crippen molar-refractivity contribution in [1.29, 1.82) is 5.26 Å². The lowest BCUT2D eigenvalue weighted by molar-refractivity contribution is -0.146. The first kappa shape index (κ1) is 12.9. The van der Waals surface area contributed by atoms with E-state index >= 15 is 0 Å². The molecule has 0 spiro atoms. The predicted molar refractivity (Wildman–Crippen MR) is 58.4 cm³/mol. The Hall–Kier alpha value is -2.19. The average molecular weight is 233 g/mol. The minimum atomic E-state index is -1.69. The summed E-state index contributed by atoms with van der Waals surface area (Å²) in [6.07, 6.45) is -1.43. The van der Waals surface area contributed by atoms with Gasteiger partial charge in [-0.25, -0.2) is 4.79 Å². The van der Waals surface area contributed by atoms with E-state index in [1.54, 1.807) is 6.92 Å². The van der Waals surface area contributed by atoms with Gasteiger partial charge in [0.1, 0.15) is 0 Å². The Kier molecular flexibility index (Phi) is 3.96. The van der Waals surface area contributed by atoms with Crippen LogP contribution < -0.4 is 0 Å². The van der Waals surface area contributed by atoms with Crippen LogP contribution in [0.2, 0.25) is 0 Å². The molecule has 0 aliphatic carbocycles. The minimum Gasteiger partial charge on any atom is -0.479 e. The second-order valence-electron chi connectivity index (χ2n) is 3.43. The number of rotatable bonds is 4. The van der Waals surface area contributed by atoms with Crippen LogP contribution in [-0.4, -0.2) is 22.0 Å². The largest absolute Gasteiger partial charge is 0.479 e. The maximum Gasteiger partial charge on any atom is 0.337 e. The highest BCUT2D eigenvalue weighted by molar-refractivity contribution is 5.98. The van der Waals surface area contributed by atoms with Gasteiger partial charge in [0.15, 0.2) is 11.9 Å². The van der Waals surface area contributed by atoms with Crippen molar-refractivity contribution < 1.29 is 19.8 Å². The summed E-state index contributed by atoms with van der Waals surface area (Å²) in [4.78, 5) is 22.1. The molecule has 5 heteroatoms. The highest BCUT2D eigenvalue weighted by Crippen LogP contribution is 2.19. The van der Waals surface area contributed by atoms with Gasteiger partial charge in [-0.1, -0.05) is 13.0 Å². The van der Waals surface area contributed by atoms with E-state index in [0.717, 1.165) is 0 Å². The topological polar surface area (TPSA) is 98.4 Å². The summed E-state index contributed by atoms with van der Waals surface area (Å²) in [6, 6.07) is 5.75. The van der Waals surface area contributed by atoms with Crippen molar-refractivity contribution in [1.82, 2.24) is 0 Å². The van der Waals surface area contributed by atoms with Crippen LogP contribution in [0.25, 0.3) is 0 Å². The van der Waals surface area contributed by atoms with E-state index in [2.05, 4.69) is 0 Å². The molecule has 0 heterocycles. The molecule has 1 atom stereocenters. The fraction of sp³-hybridized carbons (Fsp3) is 0.250. The number of benzene rings is 1. The molecule has 5 nitrogen and oxygen atoms in total. The number of aliphatic carboxylic acids is 1. The summed E-state index contributed by atoms with van der Waals surface area (Å²) < 4.78 is 0. The zero-order valence-electron chi connectivity index (χ0n) is 9.17. The molecule has 0 radical (unpaired) electrons. The molecule has 0 aromatic heterocycles. The van der Waals surface area contributed by atoms with Gasteiger partial charge in [0.2, 0.25) is 0 Å². The fourth-order valence-corrected chi connectivity index (χ4v) is 1.40. The van der Waals surface area contributed by atoms with Crippen molar-refractivity contribution in [2.75, 3.05) is 0 Å². The Bertz CT molecular complexity index is 502. The van der Waals surface area contributed by atoms with Crippen molar-refractivity contribution in [3.8, 4) is 6.07 Å². The number of nitrogens with zero attached hydrogens (tertiary/aromatic N) is 1. The number of hydrogen-bond donors (Lipinski definition) is 2. The van der Waals surface area contributed by atoms with E-state index in [9.17, 15) is 14.7 Å². The lowest BCUT2D eigenvalue weighted by Gasteiger charge is -2.08. The van der Waals surface area contributed by atoms with Gasteiger partial charge >= 0.3 is 5.97 Å². The molecule has 0 aliphatic heterocycles. The number of Topliss-reactive ketones (excluding diaryl/α,β-unsaturated/α-hetero) is 1. The SMILES string of the molecule is CCC(=O)c1ccc(C(O)C(=O)O)cc1C#N. The molecule has 0 aliphatic rings. The summed E-state index contributed by atoms with van der Waals surface area (Å²) in [5, 5.41) is 26.8. The number of carbonyl (C=O) groups excluding carboxylic acids is 1. The van der Waals surface area contributed by atoms with Crippen LogP contribution in [0.1, 0.15) is 40.9 Å². The Morgan fingerprint density at radius 1 is 1.47 bits per heavy atom. The van der Waals surface area contributed by atoms with Crippen LogP contribution in [0.15, 0.2) is 18.2 Å². The zero-order chi connectivity index (χ0) is 13.0. The number of carboxylic acid groups (broad SMARTS) is 1. The van der Waals surface area contributed by atoms with Crippen LogP contribution in [-0.2, 0) is 4.79 Å². The average Bonchev–Trinajstić information content (AvgIpc) is 2.35. The van der Waals surface area contributed by atoms with Gasteiger partial charge in [0.25, 0.3) is 0 Å². The first-order valence-corrected chi connectivity index (χ1v) is 4.99. The molecule has 1 unspecified atom stereocenters. The smallest absolute Gasteiger partial charge is 0.337 e. The normalized spacial score (nSPS) is 11.6. The molecule has 0 saturated heterocycles. The molecule has 0 bridgehead atoms. The first-order valence-electron chi connectivity index (χ1n) is 4.99. The maximum atomic E-state index is 11.5. The monoisotopic (exact) mass is 233 g/mol. The van der Waals surface area contributed by atoms with Gasteiger partial charge in [-0.2, -0.15) is 5.26 Å². The van der Waals surface area contributed by atoms with Gasteiger partial charge in [-0.15, -0.1) is 0 Å². The Labute approximate surface area is 97.9 Å². The molecule has 0 fully saturated rings. The van der Waals surface area contributed by atoms with Crippen molar-refractivity contribution in [3.05, 3.63) is 34.9 Å². The number of carboxylic acids is 1. The number of aliphatic hydroxyl groups excluding tert-OH is 1. The summed E-state index contributed by atoms with van der Waals surface area (Å²) in [5.74, 6) is -1.60. The number of aliphatic hydroxyl groups is 1. The molecule has 17 heavy (non-hydrogen) atoms. The van der Waals surface area contributed by atoms with Crippen LogP contribution in [0.5, 0.6) is 0 Å². The van der Waals surface area contributed by atoms with E-state index in [1.807, 2.05) is 6.07 Å². The maximum absolute atomic E-state index is 11.5. The van der Waals surface area contributed by atoms with E-state index < -0.39 is 12.1 Å². The van der Waals surface area contributed by atoms with Gasteiger partial charge in [-0.05, 0) is 17.7 Å². The van der Waals surface area contributed by atoms with Crippen LogP contribution in [0.4, 0.5) is 0 Å². The Balaban J connectivity index is 3.23. The summed E-state index contributed by atoms with van der Waals surface area (Å²) in [7, 11) is 0. The highest BCUT2D eigenvalue weighted by atomic mass is 16.4. The number of nitriles is 1. The Morgan fingerprint density at radius 2 is 2.12 bits per heavy atom. The molecule has 0 amide bonds. The lowest BCUT2D eigenvalue weighted by Crippen LogP contribution is -2.11. The van der Waals surface area contributed by atoms with Gasteiger partial charge in [-0.3, -0.25) is 4.79 Å². The molecule has 1 aromatic carbocycles. The number of carbonyl (C=O) groups is 2. The van der Waals surface area contributed by atoms with Crippen molar-refractivity contribution in [3.63, 3.8) is 0 Å². The van der Waals surface area contributed by atoms with E-state index in [0.29, 0.717) is 0 Å². The molecule has 88 valence electrons. The zero-order valence-corrected chi connectivity index (χ0v) is 9.17. The minimum absolute atomic E-state index is 0.0784. The third kappa shape index (κ3) is 2.68. The van der Waals surface area contributed by atoms with Gasteiger partial charge < -0.3 is 10.2 Å². The quantitative estimate of drug-likeness (QED) is 0.763. The number of hydrogen-bond acceptors (Lipinski definition) is 4. The fourth-order valence-electron chi connectivity index (χ4n) is 1.40. The Morgan fingerprint density at radius 3 is 2.59 bits per heavy atom. The van der Waals surface area contributed by atoms with E-state index in [4.69, 9.17) is 10.4 Å². The standard InChI is InChI=1S/C12H11NO4/c1-2-10(14)9-4-3-7(5-8(9)6-13)11(15)12(16)17/h3-5,11,15H,2H2,1H3,(H,16,17). The van der Waals surface area contributed by atoms with Crippen molar-refractivity contribution in [2.24, 2.45) is 0 Å². The second kappa shape index (κ2) is 5.23. The van der Waals surface area contributed by atoms with Crippen molar-refractivity contribution in [2.45, 2.75) is 19.4 Å². The molecule has 0 saturated carbocycles. The third-order valence-electron chi connectivity index (χ3n) is 2.34. The molecular formula is C12H11NO4. The van der Waals surface area contributed by atoms with E-state index in [1.165, 1.54) is 18.2 Å². The molecular weight excluding hydrogens is 222 g/mol. The van der Waals surface area contributed by atoms with Gasteiger partial charge in [0.05, 0.1) is 11.6 Å². The summed E-state index contributed by atoms with van der Waals surface area (Å²) in [5.41, 5.74) is 0.410. The van der Waals surface area contributed by atoms with Crippen LogP contribution >= 0.6 is 0 Å². The molecule has 1 rings (SSSR count). The predicted octanol–water partition coefficient (Wildman–Crippen LogP) is 1.27. The molecule has 1 aromatic rings. The first-order chi connectivity index (χ1) is 8.01. The number of ketones is 1. The summed E-state index contributed by atoms with van der Waals surface area (Å²) in [6.45, 7) is 1.67. The van der Waals surface area contributed by atoms with Crippen LogP contribution in [0.3, 0.4) is 0 Å². The van der Waals surface area contributed by atoms with Crippen molar-refractivity contribution >= 4 is 11.8 Å². The highest BCUT2D eigenvalue weighted by Gasteiger charge is 2.18. The van der Waals surface area contributed by atoms with Gasteiger partial charge in [0, 0.05) is 12.0 Å². The summed E-state index contributed by atoms with van der Waals surface area (Å²) >= 11 is 0. The van der Waals surface area contributed by atoms with Crippen LogP contribution in [0, 0.1) is 11.3 Å².